The van der Waals surface area contributed by atoms with Crippen LogP contribution >= 0.6 is 15.9 Å². The molecule has 4 nitrogen and oxygen atoms in total. The minimum absolute atomic E-state index is 0.0593. The van der Waals surface area contributed by atoms with Crippen molar-refractivity contribution in [1.29, 1.82) is 0 Å². The third kappa shape index (κ3) is 3.92. The van der Waals surface area contributed by atoms with E-state index >= 15 is 0 Å². The molecule has 0 unspecified atom stereocenters. The lowest BCUT2D eigenvalue weighted by molar-refractivity contribution is 0.149. The first kappa shape index (κ1) is 14.4. The first-order valence-electron chi connectivity index (χ1n) is 5.76. The van der Waals surface area contributed by atoms with Gasteiger partial charge in [0.2, 0.25) is 0 Å². The Kier molecular flexibility index (Phi) is 4.89. The lowest BCUT2D eigenvalue weighted by atomic mass is 9.92. The number of aromatic nitrogens is 2. The van der Waals surface area contributed by atoms with Gasteiger partial charge in [0.05, 0.1) is 16.8 Å². The summed E-state index contributed by atoms with van der Waals surface area (Å²) < 4.78 is 6.10. The molecule has 1 aromatic rings. The van der Waals surface area contributed by atoms with Gasteiger partial charge in [0.1, 0.15) is 11.6 Å². The highest BCUT2D eigenvalue weighted by Crippen LogP contribution is 2.31. The van der Waals surface area contributed by atoms with Crippen LogP contribution in [-0.4, -0.2) is 23.2 Å². The lowest BCUT2D eigenvalue weighted by Gasteiger charge is -2.20. The molecular formula is C12H20BrN3O. The molecule has 17 heavy (non-hydrogen) atoms. The average Bonchev–Trinajstić information content (AvgIpc) is 2.21. The van der Waals surface area contributed by atoms with Crippen molar-refractivity contribution >= 4 is 21.7 Å². The third-order valence-electron chi connectivity index (χ3n) is 2.31. The molecule has 0 aromatic carbocycles. The zero-order valence-electron chi connectivity index (χ0n) is 10.9. The number of hydrogen-bond donors (Lipinski definition) is 1. The summed E-state index contributed by atoms with van der Waals surface area (Å²) in [7, 11) is 0. The highest BCUT2D eigenvalue weighted by atomic mass is 79.9. The van der Waals surface area contributed by atoms with Crippen LogP contribution in [0.2, 0.25) is 0 Å². The second kappa shape index (κ2) is 5.78. The van der Waals surface area contributed by atoms with Gasteiger partial charge in [-0.3, -0.25) is 0 Å². The van der Waals surface area contributed by atoms with Gasteiger partial charge in [-0.2, -0.15) is 0 Å². The van der Waals surface area contributed by atoms with E-state index in [4.69, 9.17) is 10.5 Å². The van der Waals surface area contributed by atoms with Crippen LogP contribution in [0.1, 0.15) is 39.2 Å². The van der Waals surface area contributed by atoms with Crippen LogP contribution in [0.25, 0.3) is 0 Å². The molecule has 0 aliphatic rings. The van der Waals surface area contributed by atoms with Crippen molar-refractivity contribution in [3.8, 4) is 0 Å². The molecule has 0 aliphatic carbocycles. The first-order valence-corrected chi connectivity index (χ1v) is 6.55. The number of hydrogen-bond acceptors (Lipinski definition) is 4. The summed E-state index contributed by atoms with van der Waals surface area (Å²) in [6.07, 6.45) is 0.689. The Balaban J connectivity index is 2.98. The number of halogens is 1. The highest BCUT2D eigenvalue weighted by Gasteiger charge is 2.22. The topological polar surface area (TPSA) is 61.0 Å². The van der Waals surface area contributed by atoms with Crippen molar-refractivity contribution in [2.24, 2.45) is 0 Å². The van der Waals surface area contributed by atoms with E-state index in [1.807, 2.05) is 6.92 Å². The molecule has 0 aliphatic heterocycles. The smallest absolute Gasteiger partial charge is 0.141 e. The molecule has 0 saturated heterocycles. The van der Waals surface area contributed by atoms with Crippen LogP contribution in [0.3, 0.4) is 0 Å². The zero-order valence-corrected chi connectivity index (χ0v) is 12.5. The maximum absolute atomic E-state index is 5.88. The Morgan fingerprint density at radius 2 is 1.94 bits per heavy atom. The van der Waals surface area contributed by atoms with E-state index < -0.39 is 0 Å². The number of nitrogens with two attached hydrogens (primary N) is 1. The van der Waals surface area contributed by atoms with Gasteiger partial charge in [-0.05, 0) is 22.9 Å². The van der Waals surface area contributed by atoms with E-state index in [0.717, 1.165) is 16.0 Å². The summed E-state index contributed by atoms with van der Waals surface area (Å²) in [4.78, 5) is 8.82. The Morgan fingerprint density at radius 1 is 1.29 bits per heavy atom. The Morgan fingerprint density at radius 3 is 2.47 bits per heavy atom. The third-order valence-corrected chi connectivity index (χ3v) is 3.09. The Bertz CT molecular complexity index is 388. The number of ether oxygens (including phenoxy) is 1. The van der Waals surface area contributed by atoms with Gasteiger partial charge >= 0.3 is 0 Å². The van der Waals surface area contributed by atoms with Crippen molar-refractivity contribution in [2.75, 3.05) is 18.9 Å². The van der Waals surface area contributed by atoms with Crippen molar-refractivity contribution in [3.05, 3.63) is 16.0 Å². The van der Waals surface area contributed by atoms with Crippen molar-refractivity contribution in [1.82, 2.24) is 9.97 Å². The number of anilines is 1. The van der Waals surface area contributed by atoms with Gasteiger partial charge in [-0.1, -0.05) is 20.8 Å². The summed E-state index contributed by atoms with van der Waals surface area (Å²) in [5.74, 6) is 1.24. The van der Waals surface area contributed by atoms with Gasteiger partial charge in [-0.25, -0.2) is 9.97 Å². The molecule has 0 fully saturated rings. The standard InChI is InChI=1S/C12H20BrN3O/c1-5-17-7-6-8-15-10(12(2,3)4)9(13)11(14)16-8/h5-7H2,1-4H3,(H2,14,15,16). The van der Waals surface area contributed by atoms with Gasteiger partial charge < -0.3 is 10.5 Å². The predicted molar refractivity (Wildman–Crippen MR) is 73.0 cm³/mol. The second-order valence-corrected chi connectivity index (χ2v) is 5.68. The normalized spacial score (nSPS) is 11.8. The molecular weight excluding hydrogens is 282 g/mol. The summed E-state index contributed by atoms with van der Waals surface area (Å²) in [6, 6.07) is 0. The quantitative estimate of drug-likeness (QED) is 0.869. The van der Waals surface area contributed by atoms with E-state index in [1.54, 1.807) is 0 Å². The molecule has 1 rings (SSSR count). The van der Waals surface area contributed by atoms with E-state index in [-0.39, 0.29) is 5.41 Å². The minimum atomic E-state index is -0.0593. The van der Waals surface area contributed by atoms with E-state index in [9.17, 15) is 0 Å². The van der Waals surface area contributed by atoms with Crippen LogP contribution in [0.15, 0.2) is 4.47 Å². The maximum Gasteiger partial charge on any atom is 0.141 e. The van der Waals surface area contributed by atoms with Crippen LogP contribution in [-0.2, 0) is 16.6 Å². The van der Waals surface area contributed by atoms with Gasteiger partial charge in [0.25, 0.3) is 0 Å². The molecule has 5 heteroatoms. The van der Waals surface area contributed by atoms with E-state index in [2.05, 4.69) is 46.7 Å². The molecule has 0 bridgehead atoms. The zero-order chi connectivity index (χ0) is 13.1. The SMILES string of the molecule is CCOCCc1nc(N)c(Br)c(C(C)(C)C)n1. The minimum Gasteiger partial charge on any atom is -0.383 e. The maximum atomic E-state index is 5.88. The molecule has 2 N–H and O–H groups in total. The fraction of sp³-hybridized carbons (Fsp3) is 0.667. The van der Waals surface area contributed by atoms with Gasteiger partial charge in [-0.15, -0.1) is 0 Å². The summed E-state index contributed by atoms with van der Waals surface area (Å²) in [5, 5.41) is 0. The molecule has 0 saturated carbocycles. The molecule has 1 heterocycles. The average molecular weight is 302 g/mol. The van der Waals surface area contributed by atoms with Crippen LogP contribution in [0.5, 0.6) is 0 Å². The van der Waals surface area contributed by atoms with Crippen molar-refractivity contribution in [2.45, 2.75) is 39.5 Å². The first-order chi connectivity index (χ1) is 7.86. The fourth-order valence-corrected chi connectivity index (χ4v) is 2.20. The second-order valence-electron chi connectivity index (χ2n) is 4.88. The molecule has 0 spiro atoms. The molecule has 0 atom stereocenters. The number of rotatable bonds is 4. The van der Waals surface area contributed by atoms with Crippen molar-refractivity contribution in [3.63, 3.8) is 0 Å². The molecule has 0 radical (unpaired) electrons. The van der Waals surface area contributed by atoms with E-state index in [0.29, 0.717) is 25.5 Å². The highest BCUT2D eigenvalue weighted by molar-refractivity contribution is 9.10. The van der Waals surface area contributed by atoms with Crippen LogP contribution in [0.4, 0.5) is 5.82 Å². The van der Waals surface area contributed by atoms with Gasteiger partial charge in [0.15, 0.2) is 0 Å². The largest absolute Gasteiger partial charge is 0.383 e. The van der Waals surface area contributed by atoms with Gasteiger partial charge in [0, 0.05) is 18.4 Å². The monoisotopic (exact) mass is 301 g/mol. The molecule has 1 aromatic heterocycles. The fourth-order valence-electron chi connectivity index (χ4n) is 1.43. The summed E-state index contributed by atoms with van der Waals surface area (Å²) >= 11 is 3.45. The number of nitrogens with zero attached hydrogens (tertiary/aromatic N) is 2. The summed E-state index contributed by atoms with van der Waals surface area (Å²) in [6.45, 7) is 9.61. The predicted octanol–water partition coefficient (Wildman–Crippen LogP) is 2.70. The Hall–Kier alpha value is -0.680. The molecule has 0 amide bonds. The van der Waals surface area contributed by atoms with Crippen LogP contribution in [0, 0.1) is 0 Å². The van der Waals surface area contributed by atoms with Crippen molar-refractivity contribution < 1.29 is 4.74 Å². The van der Waals surface area contributed by atoms with Crippen LogP contribution < -0.4 is 5.73 Å². The van der Waals surface area contributed by atoms with E-state index in [1.165, 1.54) is 0 Å². The molecule has 96 valence electrons. The lowest BCUT2D eigenvalue weighted by Crippen LogP contribution is -2.18. The summed E-state index contributed by atoms with van der Waals surface area (Å²) in [5.41, 5.74) is 6.77. The Labute approximate surface area is 111 Å². The number of nitrogen functional groups attached to an aromatic ring is 1.